The second-order valence-electron chi connectivity index (χ2n) is 6.66. The number of rotatable bonds is 2. The van der Waals surface area contributed by atoms with E-state index in [1.165, 1.54) is 7.11 Å². The molecule has 0 amide bonds. The summed E-state index contributed by atoms with van der Waals surface area (Å²) in [5.41, 5.74) is 3.46. The highest BCUT2D eigenvalue weighted by atomic mass is 28.3. The number of carbonyl (C=O) groups excluding carboxylic acids is 1. The van der Waals surface area contributed by atoms with Crippen molar-refractivity contribution in [3.05, 3.63) is 0 Å². The molecule has 0 aliphatic heterocycles. The number of methoxy groups -OCH3 is 1. The molecule has 0 aromatic rings. The Morgan fingerprint density at radius 1 is 1.35 bits per heavy atom. The van der Waals surface area contributed by atoms with E-state index in [1.54, 1.807) is 0 Å². The van der Waals surface area contributed by atoms with Gasteiger partial charge in [-0.2, -0.15) is 0 Å². The molecular weight excluding hydrogens is 228 g/mol. The molecule has 0 heterocycles. The van der Waals surface area contributed by atoms with Gasteiger partial charge in [-0.3, -0.25) is 4.79 Å². The Morgan fingerprint density at radius 2 is 1.88 bits per heavy atom. The van der Waals surface area contributed by atoms with Gasteiger partial charge in [-0.15, -0.1) is 11.5 Å². The van der Waals surface area contributed by atoms with E-state index in [1.807, 2.05) is 0 Å². The molecule has 96 valence electrons. The SMILES string of the molecule is COC(=O)CC1(C#C[Si](C)(C)C(C)(C)C)CC1. The highest BCUT2D eigenvalue weighted by Crippen LogP contribution is 2.49. The first-order valence-corrected chi connectivity index (χ1v) is 9.23. The molecule has 0 unspecified atom stereocenters. The van der Waals surface area contributed by atoms with Crippen molar-refractivity contribution < 1.29 is 9.53 Å². The van der Waals surface area contributed by atoms with Crippen LogP contribution in [0.3, 0.4) is 0 Å². The zero-order valence-electron chi connectivity index (χ0n) is 11.9. The minimum atomic E-state index is -1.55. The van der Waals surface area contributed by atoms with Gasteiger partial charge in [0.15, 0.2) is 0 Å². The van der Waals surface area contributed by atoms with Gasteiger partial charge in [0.2, 0.25) is 0 Å². The summed E-state index contributed by atoms with van der Waals surface area (Å²) in [4.78, 5) is 11.3. The Balaban J connectivity index is 2.76. The number of carbonyl (C=O) groups is 1. The van der Waals surface area contributed by atoms with Crippen LogP contribution in [-0.2, 0) is 9.53 Å². The first-order chi connectivity index (χ1) is 7.62. The van der Waals surface area contributed by atoms with Crippen LogP contribution in [-0.4, -0.2) is 21.2 Å². The van der Waals surface area contributed by atoms with Gasteiger partial charge in [-0.05, 0) is 17.9 Å². The molecule has 1 aliphatic rings. The molecule has 2 nitrogen and oxygen atoms in total. The summed E-state index contributed by atoms with van der Waals surface area (Å²) in [6.07, 6.45) is 2.55. The lowest BCUT2D eigenvalue weighted by Crippen LogP contribution is -2.35. The summed E-state index contributed by atoms with van der Waals surface area (Å²) < 4.78 is 4.73. The van der Waals surface area contributed by atoms with Gasteiger partial charge in [0, 0.05) is 5.41 Å². The van der Waals surface area contributed by atoms with Crippen molar-refractivity contribution in [1.29, 1.82) is 0 Å². The number of ether oxygens (including phenoxy) is 1. The maximum Gasteiger partial charge on any atom is 0.307 e. The summed E-state index contributed by atoms with van der Waals surface area (Å²) in [6.45, 7) is 11.4. The third kappa shape index (κ3) is 3.60. The molecular formula is C14H24O2Si. The standard InChI is InChI=1S/C14H24O2Si/c1-13(2,3)17(5,6)10-9-14(7-8-14)11-12(15)16-4/h7-8,11H2,1-6H3. The summed E-state index contributed by atoms with van der Waals surface area (Å²) in [7, 11) is -0.105. The van der Waals surface area contributed by atoms with Gasteiger partial charge >= 0.3 is 5.97 Å². The third-order valence-corrected chi connectivity index (χ3v) is 8.58. The van der Waals surface area contributed by atoms with Crippen molar-refractivity contribution in [3.8, 4) is 11.5 Å². The molecule has 0 radical (unpaired) electrons. The summed E-state index contributed by atoms with van der Waals surface area (Å²) in [6, 6.07) is 0. The molecule has 1 saturated carbocycles. The Kier molecular flexibility index (Phi) is 3.78. The lowest BCUT2D eigenvalue weighted by atomic mass is 10.0. The Bertz CT molecular complexity index is 362. The lowest BCUT2D eigenvalue weighted by molar-refractivity contribution is -0.141. The van der Waals surface area contributed by atoms with Crippen LogP contribution >= 0.6 is 0 Å². The van der Waals surface area contributed by atoms with E-state index >= 15 is 0 Å². The van der Waals surface area contributed by atoms with E-state index in [2.05, 4.69) is 45.3 Å². The fourth-order valence-electron chi connectivity index (χ4n) is 1.32. The van der Waals surface area contributed by atoms with Gasteiger partial charge in [0.1, 0.15) is 8.07 Å². The fraction of sp³-hybridized carbons (Fsp3) is 0.786. The predicted octanol–water partition coefficient (Wildman–Crippen LogP) is 3.38. The van der Waals surface area contributed by atoms with E-state index < -0.39 is 8.07 Å². The first-order valence-electron chi connectivity index (χ1n) is 6.23. The maximum absolute atomic E-state index is 11.3. The van der Waals surface area contributed by atoms with Crippen LogP contribution in [0.5, 0.6) is 0 Å². The second-order valence-corrected chi connectivity index (χ2v) is 11.7. The minimum absolute atomic E-state index is 0.0530. The monoisotopic (exact) mass is 252 g/mol. The van der Waals surface area contributed by atoms with Crippen LogP contribution in [0.2, 0.25) is 18.1 Å². The molecule has 0 N–H and O–H groups in total. The molecule has 17 heavy (non-hydrogen) atoms. The average Bonchev–Trinajstić information content (AvgIpc) is 2.94. The zero-order valence-corrected chi connectivity index (χ0v) is 12.9. The number of hydrogen-bond acceptors (Lipinski definition) is 2. The predicted molar refractivity (Wildman–Crippen MR) is 73.3 cm³/mol. The van der Waals surface area contributed by atoms with Crippen molar-refractivity contribution >= 4 is 14.0 Å². The van der Waals surface area contributed by atoms with Crippen LogP contribution in [0.4, 0.5) is 0 Å². The van der Waals surface area contributed by atoms with Crippen molar-refractivity contribution in [2.45, 2.75) is 58.2 Å². The highest BCUT2D eigenvalue weighted by Gasteiger charge is 2.44. The van der Waals surface area contributed by atoms with Crippen molar-refractivity contribution in [3.63, 3.8) is 0 Å². The fourth-order valence-corrected chi connectivity index (χ4v) is 2.27. The first kappa shape index (κ1) is 14.3. The molecule has 0 bridgehead atoms. The molecule has 0 saturated heterocycles. The molecule has 0 aromatic heterocycles. The van der Waals surface area contributed by atoms with Gasteiger partial charge in [0.05, 0.1) is 13.5 Å². The summed E-state index contributed by atoms with van der Waals surface area (Å²) >= 11 is 0. The van der Waals surface area contributed by atoms with Gasteiger partial charge < -0.3 is 4.74 Å². The second kappa shape index (κ2) is 4.49. The van der Waals surface area contributed by atoms with Gasteiger partial charge in [0.25, 0.3) is 0 Å². The molecule has 3 heteroatoms. The summed E-state index contributed by atoms with van der Waals surface area (Å²) in [5.74, 6) is 3.26. The van der Waals surface area contributed by atoms with Crippen molar-refractivity contribution in [1.82, 2.24) is 0 Å². The Labute approximate surface area is 106 Å². The van der Waals surface area contributed by atoms with Crippen LogP contribution in [0.15, 0.2) is 0 Å². The quantitative estimate of drug-likeness (QED) is 0.428. The van der Waals surface area contributed by atoms with E-state index in [0.29, 0.717) is 6.42 Å². The Hall–Kier alpha value is -0.753. The zero-order chi connectivity index (χ0) is 13.3. The minimum Gasteiger partial charge on any atom is -0.469 e. The van der Waals surface area contributed by atoms with E-state index in [4.69, 9.17) is 4.74 Å². The number of hydrogen-bond donors (Lipinski definition) is 0. The summed E-state index contributed by atoms with van der Waals surface area (Å²) in [5, 5.41) is 0.279. The number of esters is 1. The maximum atomic E-state index is 11.3. The largest absolute Gasteiger partial charge is 0.469 e. The molecule has 1 fully saturated rings. The van der Waals surface area contributed by atoms with Crippen LogP contribution in [0.25, 0.3) is 0 Å². The van der Waals surface area contributed by atoms with Gasteiger partial charge in [-0.25, -0.2) is 0 Å². The third-order valence-electron chi connectivity index (χ3n) is 4.08. The van der Waals surface area contributed by atoms with E-state index in [0.717, 1.165) is 12.8 Å². The molecule has 0 atom stereocenters. The highest BCUT2D eigenvalue weighted by molar-refractivity contribution is 6.87. The molecule has 1 rings (SSSR count). The Morgan fingerprint density at radius 3 is 2.24 bits per heavy atom. The van der Waals surface area contributed by atoms with Crippen molar-refractivity contribution in [2.75, 3.05) is 7.11 Å². The lowest BCUT2D eigenvalue weighted by Gasteiger charge is -2.31. The van der Waals surface area contributed by atoms with Crippen LogP contribution < -0.4 is 0 Å². The average molecular weight is 252 g/mol. The van der Waals surface area contributed by atoms with E-state index in [-0.39, 0.29) is 16.4 Å². The van der Waals surface area contributed by atoms with E-state index in [9.17, 15) is 4.79 Å². The topological polar surface area (TPSA) is 26.3 Å². The van der Waals surface area contributed by atoms with Gasteiger partial charge in [-0.1, -0.05) is 33.9 Å². The van der Waals surface area contributed by atoms with Crippen LogP contribution in [0, 0.1) is 16.9 Å². The molecule has 0 spiro atoms. The molecule has 0 aromatic carbocycles. The molecule has 1 aliphatic carbocycles. The van der Waals surface area contributed by atoms with Crippen LogP contribution in [0.1, 0.15) is 40.0 Å². The normalized spacial score (nSPS) is 18.0. The smallest absolute Gasteiger partial charge is 0.307 e. The van der Waals surface area contributed by atoms with Crippen molar-refractivity contribution in [2.24, 2.45) is 5.41 Å².